The van der Waals surface area contributed by atoms with Crippen LogP contribution in [-0.2, 0) is 16.4 Å². The fraction of sp³-hybridized carbons (Fsp3) is 0.227. The number of carbonyl (C=O) groups excluding carboxylic acids is 1. The minimum Gasteiger partial charge on any atom is -0.404 e. The molecule has 4 rings (SSSR count). The zero-order chi connectivity index (χ0) is 22.6. The van der Waals surface area contributed by atoms with Crippen molar-refractivity contribution in [2.45, 2.75) is 32.4 Å². The molecule has 1 aliphatic heterocycles. The standard InChI is InChI=1S/C22H19F3N4OS/c1-21(2,3)13-7-8-16-17(10-13)31-20(27-16)29-19(30)15(11-26)18(28-29)12-5-4-6-14(9-12)22(23,24)25/h4-11H,26H2,1-3H3/b15-11+. The molecule has 1 aromatic heterocycles. The summed E-state index contributed by atoms with van der Waals surface area (Å²) in [7, 11) is 0. The molecule has 0 aliphatic carbocycles. The number of alkyl halides is 3. The van der Waals surface area contributed by atoms with Gasteiger partial charge in [-0.3, -0.25) is 4.79 Å². The summed E-state index contributed by atoms with van der Waals surface area (Å²) in [6.07, 6.45) is -3.45. The van der Waals surface area contributed by atoms with Gasteiger partial charge in [-0.2, -0.15) is 23.3 Å². The Kier molecular flexibility index (Phi) is 4.88. The maximum atomic E-state index is 13.1. The van der Waals surface area contributed by atoms with E-state index in [4.69, 9.17) is 5.73 Å². The summed E-state index contributed by atoms with van der Waals surface area (Å²) in [5, 5.41) is 5.70. The fourth-order valence-corrected chi connectivity index (χ4v) is 4.18. The first-order valence-corrected chi connectivity index (χ1v) is 10.2. The van der Waals surface area contributed by atoms with Crippen molar-refractivity contribution in [2.24, 2.45) is 10.8 Å². The van der Waals surface area contributed by atoms with E-state index in [-0.39, 0.29) is 22.3 Å². The summed E-state index contributed by atoms with van der Waals surface area (Å²) < 4.78 is 40.3. The SMILES string of the molecule is CC(C)(C)c1ccc2nc(N3N=C(c4cccc(C(F)(F)F)c4)/C(=C\N)C3=O)sc2c1. The van der Waals surface area contributed by atoms with Crippen LogP contribution in [0.15, 0.2) is 59.3 Å². The molecule has 2 heterocycles. The fourth-order valence-electron chi connectivity index (χ4n) is 3.22. The molecule has 1 amide bonds. The highest BCUT2D eigenvalue weighted by atomic mass is 32.1. The number of aromatic nitrogens is 1. The topological polar surface area (TPSA) is 71.6 Å². The van der Waals surface area contributed by atoms with Crippen LogP contribution < -0.4 is 10.7 Å². The molecular formula is C22H19F3N4OS. The second-order valence-corrected chi connectivity index (χ2v) is 9.16. The van der Waals surface area contributed by atoms with Gasteiger partial charge >= 0.3 is 6.18 Å². The molecule has 3 aromatic rings. The molecule has 2 aromatic carbocycles. The van der Waals surface area contributed by atoms with Crippen molar-refractivity contribution in [3.05, 3.63) is 70.9 Å². The van der Waals surface area contributed by atoms with Crippen LogP contribution >= 0.6 is 11.3 Å². The molecule has 0 radical (unpaired) electrons. The van der Waals surface area contributed by atoms with E-state index in [0.29, 0.717) is 10.6 Å². The largest absolute Gasteiger partial charge is 0.416 e. The van der Waals surface area contributed by atoms with Crippen molar-refractivity contribution in [2.75, 3.05) is 5.01 Å². The molecule has 1 aliphatic rings. The molecule has 0 unspecified atom stereocenters. The Morgan fingerprint density at radius 2 is 1.81 bits per heavy atom. The van der Waals surface area contributed by atoms with E-state index in [1.165, 1.54) is 23.5 Å². The quantitative estimate of drug-likeness (QED) is 0.552. The average molecular weight is 444 g/mol. The predicted octanol–water partition coefficient (Wildman–Crippen LogP) is 5.21. The zero-order valence-electron chi connectivity index (χ0n) is 17.0. The van der Waals surface area contributed by atoms with Crippen molar-refractivity contribution in [1.29, 1.82) is 0 Å². The summed E-state index contributed by atoms with van der Waals surface area (Å²) >= 11 is 1.28. The van der Waals surface area contributed by atoms with E-state index in [9.17, 15) is 18.0 Å². The zero-order valence-corrected chi connectivity index (χ0v) is 17.8. The molecule has 0 saturated heterocycles. The third-order valence-corrected chi connectivity index (χ3v) is 5.93. The Labute approximate surface area is 180 Å². The van der Waals surface area contributed by atoms with E-state index in [2.05, 4.69) is 30.9 Å². The molecule has 2 N–H and O–H groups in total. The first-order valence-electron chi connectivity index (χ1n) is 9.43. The van der Waals surface area contributed by atoms with Gasteiger partial charge in [-0.25, -0.2) is 4.98 Å². The molecule has 5 nitrogen and oxygen atoms in total. The lowest BCUT2D eigenvalue weighted by Gasteiger charge is -2.18. The second-order valence-electron chi connectivity index (χ2n) is 8.15. The summed E-state index contributed by atoms with van der Waals surface area (Å²) in [6, 6.07) is 10.5. The van der Waals surface area contributed by atoms with Crippen LogP contribution in [0, 0.1) is 0 Å². The number of thiazole rings is 1. The molecule has 160 valence electrons. The molecular weight excluding hydrogens is 425 g/mol. The molecule has 31 heavy (non-hydrogen) atoms. The van der Waals surface area contributed by atoms with Gasteiger partial charge in [-0.05, 0) is 35.2 Å². The Hall–Kier alpha value is -3.20. The maximum absolute atomic E-state index is 13.1. The second kappa shape index (κ2) is 7.19. The number of anilines is 1. The van der Waals surface area contributed by atoms with Crippen LogP contribution in [0.3, 0.4) is 0 Å². The lowest BCUT2D eigenvalue weighted by atomic mass is 9.87. The van der Waals surface area contributed by atoms with E-state index in [0.717, 1.165) is 33.6 Å². The number of carbonyl (C=O) groups is 1. The minimum atomic E-state index is -4.51. The number of amides is 1. The van der Waals surface area contributed by atoms with E-state index < -0.39 is 17.6 Å². The number of nitrogens with two attached hydrogens (primary N) is 1. The first-order chi connectivity index (χ1) is 14.5. The van der Waals surface area contributed by atoms with Crippen LogP contribution in [-0.4, -0.2) is 16.6 Å². The average Bonchev–Trinajstić information content (AvgIpc) is 3.26. The van der Waals surface area contributed by atoms with Gasteiger partial charge < -0.3 is 5.73 Å². The van der Waals surface area contributed by atoms with Crippen LogP contribution in [0.25, 0.3) is 10.2 Å². The third-order valence-electron chi connectivity index (χ3n) is 4.93. The van der Waals surface area contributed by atoms with Crippen molar-refractivity contribution in [3.63, 3.8) is 0 Å². The molecule has 0 saturated carbocycles. The van der Waals surface area contributed by atoms with Crippen LogP contribution in [0.5, 0.6) is 0 Å². The van der Waals surface area contributed by atoms with Gasteiger partial charge in [0, 0.05) is 11.8 Å². The Balaban J connectivity index is 1.78. The van der Waals surface area contributed by atoms with Crippen molar-refractivity contribution < 1.29 is 18.0 Å². The van der Waals surface area contributed by atoms with Crippen LogP contribution in [0.2, 0.25) is 0 Å². The smallest absolute Gasteiger partial charge is 0.404 e. The highest BCUT2D eigenvalue weighted by molar-refractivity contribution is 7.22. The normalized spacial score (nSPS) is 16.5. The lowest BCUT2D eigenvalue weighted by molar-refractivity contribution is -0.137. The molecule has 0 fully saturated rings. The Morgan fingerprint density at radius 3 is 2.45 bits per heavy atom. The molecule has 0 atom stereocenters. The summed E-state index contributed by atoms with van der Waals surface area (Å²) in [5.74, 6) is -0.537. The number of hydrazone groups is 1. The van der Waals surface area contributed by atoms with E-state index in [1.807, 2.05) is 18.2 Å². The lowest BCUT2D eigenvalue weighted by Crippen LogP contribution is -2.21. The van der Waals surface area contributed by atoms with Crippen molar-refractivity contribution >= 4 is 38.3 Å². The number of hydrogen-bond acceptors (Lipinski definition) is 5. The van der Waals surface area contributed by atoms with Crippen LogP contribution in [0.1, 0.15) is 37.5 Å². The van der Waals surface area contributed by atoms with Crippen molar-refractivity contribution in [1.82, 2.24) is 4.98 Å². The highest BCUT2D eigenvalue weighted by Crippen LogP contribution is 2.36. The van der Waals surface area contributed by atoms with Gasteiger partial charge in [0.2, 0.25) is 5.13 Å². The summed E-state index contributed by atoms with van der Waals surface area (Å²) in [6.45, 7) is 6.30. The molecule has 9 heteroatoms. The van der Waals surface area contributed by atoms with Crippen molar-refractivity contribution in [3.8, 4) is 0 Å². The van der Waals surface area contributed by atoms with Gasteiger partial charge in [-0.1, -0.05) is 50.3 Å². The maximum Gasteiger partial charge on any atom is 0.416 e. The predicted molar refractivity (Wildman–Crippen MR) is 116 cm³/mol. The van der Waals surface area contributed by atoms with E-state index in [1.54, 1.807) is 0 Å². The number of rotatable bonds is 2. The van der Waals surface area contributed by atoms with Crippen LogP contribution in [0.4, 0.5) is 18.3 Å². The number of fused-ring (bicyclic) bond motifs is 1. The van der Waals surface area contributed by atoms with E-state index >= 15 is 0 Å². The Bertz CT molecular complexity index is 1250. The number of halogens is 3. The minimum absolute atomic E-state index is 0.0222. The monoisotopic (exact) mass is 444 g/mol. The van der Waals surface area contributed by atoms with Gasteiger partial charge in [0.25, 0.3) is 5.91 Å². The van der Waals surface area contributed by atoms with Gasteiger partial charge in [-0.15, -0.1) is 0 Å². The highest BCUT2D eigenvalue weighted by Gasteiger charge is 2.36. The first kappa shape index (κ1) is 21.0. The number of nitrogens with zero attached hydrogens (tertiary/aromatic N) is 3. The number of hydrogen-bond donors (Lipinski definition) is 1. The van der Waals surface area contributed by atoms with Gasteiger partial charge in [0.1, 0.15) is 5.71 Å². The van der Waals surface area contributed by atoms with Gasteiger partial charge in [0.05, 0.1) is 21.4 Å². The molecule has 0 spiro atoms. The Morgan fingerprint density at radius 1 is 1.06 bits per heavy atom. The number of benzene rings is 2. The summed E-state index contributed by atoms with van der Waals surface area (Å²) in [5.41, 5.74) is 6.84. The van der Waals surface area contributed by atoms with Gasteiger partial charge in [0.15, 0.2) is 0 Å². The summed E-state index contributed by atoms with van der Waals surface area (Å²) in [4.78, 5) is 17.4. The molecule has 0 bridgehead atoms. The third kappa shape index (κ3) is 3.81.